The molecule has 5 nitrogen and oxygen atoms in total. The van der Waals surface area contributed by atoms with Crippen molar-refractivity contribution in [3.8, 4) is 0 Å². The number of aryl methyl sites for hydroxylation is 2. The molecule has 6 heteroatoms. The van der Waals surface area contributed by atoms with E-state index < -0.39 is 12.1 Å². The van der Waals surface area contributed by atoms with E-state index in [4.69, 9.17) is 4.74 Å². The van der Waals surface area contributed by atoms with Crippen molar-refractivity contribution in [1.82, 2.24) is 5.32 Å². The summed E-state index contributed by atoms with van der Waals surface area (Å²) in [6.45, 7) is 4.99. The van der Waals surface area contributed by atoms with E-state index in [1.165, 1.54) is 18.3 Å². The molecule has 1 amide bonds. The molecule has 2 aromatic rings. The predicted molar refractivity (Wildman–Crippen MR) is 92.5 cm³/mol. The maximum absolute atomic E-state index is 12.4. The number of nitrogens with one attached hydrogen (secondary N) is 1. The van der Waals surface area contributed by atoms with Gasteiger partial charge in [0.15, 0.2) is 6.10 Å². The normalized spacial score (nSPS) is 11.6. The standard InChI is InChI=1S/C18H19NO4S/c1-11-6-7-12(2)14(9-11)17(21)13(3)23-16(20)10-19-18(22)15-5-4-8-24-15/h4-9,13H,10H2,1-3H3,(H,19,22)/t13-/m0/s1. The molecule has 1 aromatic heterocycles. The van der Waals surface area contributed by atoms with Crippen LogP contribution < -0.4 is 5.32 Å². The largest absolute Gasteiger partial charge is 0.453 e. The summed E-state index contributed by atoms with van der Waals surface area (Å²) in [5.74, 6) is -1.24. The molecule has 0 saturated heterocycles. The Morgan fingerprint density at radius 1 is 1.21 bits per heavy atom. The summed E-state index contributed by atoms with van der Waals surface area (Å²) in [5, 5.41) is 4.25. The number of hydrogen-bond acceptors (Lipinski definition) is 5. The summed E-state index contributed by atoms with van der Waals surface area (Å²) in [7, 11) is 0. The van der Waals surface area contributed by atoms with E-state index in [1.54, 1.807) is 23.6 Å². The van der Waals surface area contributed by atoms with Crippen molar-refractivity contribution < 1.29 is 19.1 Å². The van der Waals surface area contributed by atoms with Crippen LogP contribution in [0.4, 0.5) is 0 Å². The molecule has 0 aliphatic rings. The van der Waals surface area contributed by atoms with Crippen LogP contribution in [0.25, 0.3) is 0 Å². The van der Waals surface area contributed by atoms with Gasteiger partial charge in [0.05, 0.1) is 4.88 Å². The fourth-order valence-corrected chi connectivity index (χ4v) is 2.80. The van der Waals surface area contributed by atoms with E-state index in [0.717, 1.165) is 11.1 Å². The number of esters is 1. The molecule has 126 valence electrons. The minimum absolute atomic E-state index is 0.255. The van der Waals surface area contributed by atoms with Gasteiger partial charge in [0.25, 0.3) is 5.91 Å². The van der Waals surface area contributed by atoms with E-state index in [2.05, 4.69) is 5.32 Å². The Morgan fingerprint density at radius 2 is 1.96 bits per heavy atom. The molecule has 0 aliphatic heterocycles. The zero-order valence-electron chi connectivity index (χ0n) is 13.8. The first-order valence-corrected chi connectivity index (χ1v) is 8.39. The quantitative estimate of drug-likeness (QED) is 0.645. The Labute approximate surface area is 144 Å². The number of carbonyl (C=O) groups excluding carboxylic acids is 3. The molecule has 1 N–H and O–H groups in total. The molecule has 24 heavy (non-hydrogen) atoms. The number of carbonyl (C=O) groups is 3. The van der Waals surface area contributed by atoms with Gasteiger partial charge in [-0.25, -0.2) is 0 Å². The van der Waals surface area contributed by atoms with E-state index in [9.17, 15) is 14.4 Å². The van der Waals surface area contributed by atoms with Crippen molar-refractivity contribution in [3.63, 3.8) is 0 Å². The summed E-state index contributed by atoms with van der Waals surface area (Å²) >= 11 is 1.28. The monoisotopic (exact) mass is 345 g/mol. The molecular formula is C18H19NO4S. The van der Waals surface area contributed by atoms with Crippen LogP contribution in [0.1, 0.15) is 38.1 Å². The minimum atomic E-state index is -0.906. The van der Waals surface area contributed by atoms with Crippen molar-refractivity contribution in [2.45, 2.75) is 26.9 Å². The second kappa shape index (κ2) is 7.88. The molecular weight excluding hydrogens is 326 g/mol. The number of benzene rings is 1. The van der Waals surface area contributed by atoms with Gasteiger partial charge in [0, 0.05) is 5.56 Å². The second-order valence-corrected chi connectivity index (χ2v) is 6.42. The lowest BCUT2D eigenvalue weighted by molar-refractivity contribution is -0.145. The lowest BCUT2D eigenvalue weighted by Crippen LogP contribution is -2.33. The molecule has 1 aromatic carbocycles. The molecule has 1 heterocycles. The molecule has 0 bridgehead atoms. The molecule has 0 radical (unpaired) electrons. The number of amides is 1. The van der Waals surface area contributed by atoms with Gasteiger partial charge in [-0.05, 0) is 43.8 Å². The number of thiophene rings is 1. The molecule has 0 saturated carbocycles. The Hall–Kier alpha value is -2.47. The van der Waals surface area contributed by atoms with E-state index in [0.29, 0.717) is 10.4 Å². The minimum Gasteiger partial charge on any atom is -0.453 e. The molecule has 0 unspecified atom stereocenters. The summed E-state index contributed by atoms with van der Waals surface area (Å²) in [6.07, 6.45) is -0.906. The average molecular weight is 345 g/mol. The van der Waals surface area contributed by atoms with E-state index in [1.807, 2.05) is 26.0 Å². The number of rotatable bonds is 6. The Morgan fingerprint density at radius 3 is 2.62 bits per heavy atom. The van der Waals surface area contributed by atoms with Gasteiger partial charge >= 0.3 is 5.97 Å². The SMILES string of the molecule is Cc1ccc(C)c(C(=O)[C@H](C)OC(=O)CNC(=O)c2cccs2)c1. The number of Topliss-reactive ketones (excluding diaryl/α,β-unsaturated/α-hetero) is 1. The third-order valence-electron chi connectivity index (χ3n) is 3.47. The van der Waals surface area contributed by atoms with Gasteiger partial charge in [0.1, 0.15) is 6.54 Å². The molecule has 0 spiro atoms. The highest BCUT2D eigenvalue weighted by atomic mass is 32.1. The highest BCUT2D eigenvalue weighted by molar-refractivity contribution is 7.12. The first kappa shape index (κ1) is 17.9. The zero-order chi connectivity index (χ0) is 17.7. The fourth-order valence-electron chi connectivity index (χ4n) is 2.16. The topological polar surface area (TPSA) is 72.5 Å². The average Bonchev–Trinajstić information content (AvgIpc) is 3.08. The lowest BCUT2D eigenvalue weighted by Gasteiger charge is -2.14. The van der Waals surface area contributed by atoms with Gasteiger partial charge in [-0.2, -0.15) is 0 Å². The van der Waals surface area contributed by atoms with Gasteiger partial charge in [-0.15, -0.1) is 11.3 Å². The third-order valence-corrected chi connectivity index (χ3v) is 4.34. The van der Waals surface area contributed by atoms with Crippen molar-refractivity contribution in [2.75, 3.05) is 6.54 Å². The van der Waals surface area contributed by atoms with Crippen LogP contribution in [0.5, 0.6) is 0 Å². The maximum Gasteiger partial charge on any atom is 0.326 e. The maximum atomic E-state index is 12.4. The lowest BCUT2D eigenvalue weighted by atomic mass is 9.99. The van der Waals surface area contributed by atoms with Crippen molar-refractivity contribution in [2.24, 2.45) is 0 Å². The van der Waals surface area contributed by atoms with Gasteiger partial charge < -0.3 is 10.1 Å². The summed E-state index contributed by atoms with van der Waals surface area (Å²) in [6, 6.07) is 8.97. The zero-order valence-corrected chi connectivity index (χ0v) is 14.6. The summed E-state index contributed by atoms with van der Waals surface area (Å²) in [5.41, 5.74) is 2.34. The summed E-state index contributed by atoms with van der Waals surface area (Å²) in [4.78, 5) is 36.5. The van der Waals surface area contributed by atoms with Crippen LogP contribution in [0.3, 0.4) is 0 Å². The van der Waals surface area contributed by atoms with Crippen molar-refractivity contribution in [3.05, 3.63) is 57.3 Å². The Bertz CT molecular complexity index is 752. The smallest absolute Gasteiger partial charge is 0.326 e. The van der Waals surface area contributed by atoms with E-state index >= 15 is 0 Å². The number of ether oxygens (including phenoxy) is 1. The summed E-state index contributed by atoms with van der Waals surface area (Å²) < 4.78 is 5.13. The van der Waals surface area contributed by atoms with Crippen LogP contribution in [-0.2, 0) is 9.53 Å². The molecule has 0 aliphatic carbocycles. The van der Waals surface area contributed by atoms with Crippen LogP contribution in [0.15, 0.2) is 35.7 Å². The van der Waals surface area contributed by atoms with Crippen molar-refractivity contribution in [1.29, 1.82) is 0 Å². The Kier molecular flexibility index (Phi) is 5.87. The third kappa shape index (κ3) is 4.52. The van der Waals surface area contributed by atoms with Crippen molar-refractivity contribution >= 4 is 29.0 Å². The van der Waals surface area contributed by atoms with Gasteiger partial charge in [-0.1, -0.05) is 23.8 Å². The first-order chi connectivity index (χ1) is 11.4. The van der Waals surface area contributed by atoms with Crippen LogP contribution in [0.2, 0.25) is 0 Å². The second-order valence-electron chi connectivity index (χ2n) is 5.47. The van der Waals surface area contributed by atoms with Gasteiger partial charge in [0.2, 0.25) is 5.78 Å². The first-order valence-electron chi connectivity index (χ1n) is 7.51. The predicted octanol–water partition coefficient (Wildman–Crippen LogP) is 2.91. The number of ketones is 1. The Balaban J connectivity index is 1.90. The van der Waals surface area contributed by atoms with Crippen LogP contribution in [-0.4, -0.2) is 30.3 Å². The highest BCUT2D eigenvalue weighted by Crippen LogP contribution is 2.14. The molecule has 1 atom stereocenters. The highest BCUT2D eigenvalue weighted by Gasteiger charge is 2.21. The van der Waals surface area contributed by atoms with E-state index in [-0.39, 0.29) is 18.2 Å². The van der Waals surface area contributed by atoms with Crippen LogP contribution in [0, 0.1) is 13.8 Å². The number of hydrogen-bond donors (Lipinski definition) is 1. The molecule has 2 rings (SSSR count). The van der Waals surface area contributed by atoms with Gasteiger partial charge in [-0.3, -0.25) is 14.4 Å². The molecule has 0 fully saturated rings. The van der Waals surface area contributed by atoms with Crippen LogP contribution >= 0.6 is 11.3 Å². The fraction of sp³-hybridized carbons (Fsp3) is 0.278.